The van der Waals surface area contributed by atoms with Crippen LogP contribution in [0.3, 0.4) is 0 Å². The second kappa shape index (κ2) is 9.87. The number of benzene rings is 1. The first-order chi connectivity index (χ1) is 13.1. The largest absolute Gasteiger partial charge is 0.360 e. The minimum atomic E-state index is -0.203. The van der Waals surface area contributed by atoms with Gasteiger partial charge < -0.3 is 10.2 Å². The maximum Gasteiger partial charge on any atom is 0.235 e. The number of rotatable bonds is 9. The van der Waals surface area contributed by atoms with Crippen LogP contribution in [0.4, 0.5) is 5.13 Å². The van der Waals surface area contributed by atoms with E-state index in [1.165, 1.54) is 28.0 Å². The Bertz CT molecular complexity index is 836. The zero-order valence-corrected chi connectivity index (χ0v) is 17.7. The number of amides is 1. The Morgan fingerprint density at radius 1 is 1.22 bits per heavy atom. The zero-order valence-electron chi connectivity index (χ0n) is 15.3. The molecular formula is C19H22N4OS3. The molecule has 142 valence electrons. The summed E-state index contributed by atoms with van der Waals surface area (Å²) in [4.78, 5) is 15.7. The van der Waals surface area contributed by atoms with Gasteiger partial charge in [0.1, 0.15) is 0 Å². The molecule has 0 aliphatic heterocycles. The van der Waals surface area contributed by atoms with Gasteiger partial charge in [-0.1, -0.05) is 59.5 Å². The number of anilines is 1. The molecule has 3 aromatic rings. The van der Waals surface area contributed by atoms with Gasteiger partial charge in [0, 0.05) is 25.0 Å². The van der Waals surface area contributed by atoms with Crippen LogP contribution in [0.1, 0.15) is 17.4 Å². The summed E-state index contributed by atoms with van der Waals surface area (Å²) in [5.74, 6) is 0.0891. The van der Waals surface area contributed by atoms with E-state index in [2.05, 4.69) is 33.0 Å². The highest BCUT2D eigenvalue weighted by atomic mass is 32.2. The molecule has 2 aromatic heterocycles. The number of nitrogens with one attached hydrogen (secondary N) is 1. The molecule has 1 unspecified atom stereocenters. The van der Waals surface area contributed by atoms with E-state index < -0.39 is 0 Å². The summed E-state index contributed by atoms with van der Waals surface area (Å²) in [7, 11) is 1.84. The summed E-state index contributed by atoms with van der Waals surface area (Å²) in [6.07, 6.45) is 0.971. The van der Waals surface area contributed by atoms with E-state index in [1.807, 2.05) is 44.3 Å². The first-order valence-corrected chi connectivity index (χ1v) is 11.2. The van der Waals surface area contributed by atoms with Gasteiger partial charge in [-0.2, -0.15) is 0 Å². The van der Waals surface area contributed by atoms with Crippen LogP contribution in [0.25, 0.3) is 0 Å². The zero-order chi connectivity index (χ0) is 19.1. The van der Waals surface area contributed by atoms with Crippen molar-refractivity contribution in [2.45, 2.75) is 29.5 Å². The van der Waals surface area contributed by atoms with Gasteiger partial charge in [0.2, 0.25) is 11.0 Å². The number of thiophene rings is 1. The van der Waals surface area contributed by atoms with Gasteiger partial charge in [-0.05, 0) is 30.4 Å². The summed E-state index contributed by atoms with van der Waals surface area (Å²) in [6, 6.07) is 14.2. The van der Waals surface area contributed by atoms with Crippen LogP contribution in [0, 0.1) is 0 Å². The quantitative estimate of drug-likeness (QED) is 0.522. The number of nitrogens with zero attached hydrogens (tertiary/aromatic N) is 3. The van der Waals surface area contributed by atoms with E-state index >= 15 is 0 Å². The molecule has 0 saturated carbocycles. The number of hydrogen-bond donors (Lipinski definition) is 1. The Hall–Kier alpha value is -1.90. The minimum absolute atomic E-state index is 0.0891. The van der Waals surface area contributed by atoms with Crippen LogP contribution >= 0.6 is 34.4 Å². The van der Waals surface area contributed by atoms with Gasteiger partial charge in [-0.25, -0.2) is 0 Å². The van der Waals surface area contributed by atoms with Gasteiger partial charge in [0.25, 0.3) is 0 Å². The molecule has 8 heteroatoms. The normalized spacial score (nSPS) is 11.9. The molecule has 1 amide bonds. The maximum absolute atomic E-state index is 12.6. The molecule has 0 aliphatic rings. The lowest BCUT2D eigenvalue weighted by Gasteiger charge is -2.20. The van der Waals surface area contributed by atoms with E-state index in [4.69, 9.17) is 0 Å². The van der Waals surface area contributed by atoms with Crippen molar-refractivity contribution in [3.8, 4) is 0 Å². The minimum Gasteiger partial charge on any atom is -0.360 e. The maximum atomic E-state index is 12.6. The number of hydrogen-bond acceptors (Lipinski definition) is 7. The van der Waals surface area contributed by atoms with Crippen molar-refractivity contribution in [1.82, 2.24) is 15.1 Å². The van der Waals surface area contributed by atoms with Crippen LogP contribution in [0.5, 0.6) is 0 Å². The number of aromatic nitrogens is 2. The SMILES string of the molecule is CC(Sc1nnc(NCCc2cccs2)s1)C(=O)N(C)Cc1ccccc1. The third kappa shape index (κ3) is 6.05. The first kappa shape index (κ1) is 19.9. The topological polar surface area (TPSA) is 58.1 Å². The fourth-order valence-corrected chi connectivity index (χ4v) is 5.27. The van der Waals surface area contributed by atoms with Crippen molar-refractivity contribution in [2.75, 3.05) is 18.9 Å². The predicted octanol–water partition coefficient (Wildman–Crippen LogP) is 4.39. The third-order valence-electron chi connectivity index (χ3n) is 3.90. The van der Waals surface area contributed by atoms with Crippen LogP contribution in [0.2, 0.25) is 0 Å². The average molecular weight is 419 g/mol. The van der Waals surface area contributed by atoms with Gasteiger partial charge in [-0.15, -0.1) is 21.5 Å². The number of carbonyl (C=O) groups is 1. The van der Waals surface area contributed by atoms with Crippen molar-refractivity contribution in [3.05, 3.63) is 58.3 Å². The lowest BCUT2D eigenvalue weighted by molar-refractivity contribution is -0.129. The Balaban J connectivity index is 1.46. The molecular weight excluding hydrogens is 396 g/mol. The molecule has 2 heterocycles. The molecule has 0 aliphatic carbocycles. The van der Waals surface area contributed by atoms with E-state index in [0.717, 1.165) is 28.0 Å². The predicted molar refractivity (Wildman–Crippen MR) is 115 cm³/mol. The van der Waals surface area contributed by atoms with Gasteiger partial charge in [0.15, 0.2) is 4.34 Å². The Labute approximate surface area is 171 Å². The number of thioether (sulfide) groups is 1. The van der Waals surface area contributed by atoms with Crippen LogP contribution in [0.15, 0.2) is 52.2 Å². The van der Waals surface area contributed by atoms with Crippen molar-refractivity contribution in [2.24, 2.45) is 0 Å². The molecule has 1 N–H and O–H groups in total. The summed E-state index contributed by atoms with van der Waals surface area (Å²) in [5, 5.41) is 14.4. The van der Waals surface area contributed by atoms with Crippen LogP contribution < -0.4 is 5.32 Å². The fourth-order valence-electron chi connectivity index (χ4n) is 2.52. The highest BCUT2D eigenvalue weighted by Crippen LogP contribution is 2.29. The molecule has 0 saturated heterocycles. The monoisotopic (exact) mass is 418 g/mol. The van der Waals surface area contributed by atoms with Crippen LogP contribution in [-0.4, -0.2) is 39.8 Å². The first-order valence-electron chi connectivity index (χ1n) is 8.67. The lowest BCUT2D eigenvalue weighted by Crippen LogP contribution is -2.32. The fraction of sp³-hybridized carbons (Fsp3) is 0.316. The third-order valence-corrected chi connectivity index (χ3v) is 6.89. The second-order valence-electron chi connectivity index (χ2n) is 6.07. The molecule has 27 heavy (non-hydrogen) atoms. The molecule has 0 bridgehead atoms. The molecule has 5 nitrogen and oxygen atoms in total. The molecule has 0 fully saturated rings. The Morgan fingerprint density at radius 3 is 2.78 bits per heavy atom. The van der Waals surface area contributed by atoms with E-state index in [1.54, 1.807) is 16.2 Å². The van der Waals surface area contributed by atoms with Gasteiger partial charge >= 0.3 is 0 Å². The molecule has 0 spiro atoms. The molecule has 1 aromatic carbocycles. The summed E-state index contributed by atoms with van der Waals surface area (Å²) >= 11 is 4.71. The summed E-state index contributed by atoms with van der Waals surface area (Å²) < 4.78 is 0.808. The standard InChI is InChI=1S/C19H22N4OS3/c1-14(17(24)23(2)13-15-7-4-3-5-8-15)26-19-22-21-18(27-19)20-11-10-16-9-6-12-25-16/h3-9,12,14H,10-11,13H2,1-2H3,(H,20,21). The van der Waals surface area contributed by atoms with Crippen molar-refractivity contribution < 1.29 is 4.79 Å². The Kier molecular flexibility index (Phi) is 7.25. The van der Waals surface area contributed by atoms with Crippen molar-refractivity contribution >= 4 is 45.5 Å². The van der Waals surface area contributed by atoms with Crippen molar-refractivity contribution in [1.29, 1.82) is 0 Å². The lowest BCUT2D eigenvalue weighted by atomic mass is 10.2. The van der Waals surface area contributed by atoms with Crippen LogP contribution in [-0.2, 0) is 17.8 Å². The molecule has 3 rings (SSSR count). The smallest absolute Gasteiger partial charge is 0.235 e. The van der Waals surface area contributed by atoms with Gasteiger partial charge in [-0.3, -0.25) is 4.79 Å². The number of carbonyl (C=O) groups excluding carboxylic acids is 1. The highest BCUT2D eigenvalue weighted by Gasteiger charge is 2.20. The summed E-state index contributed by atoms with van der Waals surface area (Å²) in [5.41, 5.74) is 1.12. The molecule has 1 atom stereocenters. The second-order valence-corrected chi connectivity index (χ2v) is 9.67. The van der Waals surface area contributed by atoms with E-state index in [-0.39, 0.29) is 11.2 Å². The van der Waals surface area contributed by atoms with Gasteiger partial charge in [0.05, 0.1) is 5.25 Å². The average Bonchev–Trinajstić information content (AvgIpc) is 3.34. The summed E-state index contributed by atoms with van der Waals surface area (Å²) in [6.45, 7) is 3.35. The highest BCUT2D eigenvalue weighted by molar-refractivity contribution is 8.02. The van der Waals surface area contributed by atoms with Crippen molar-refractivity contribution in [3.63, 3.8) is 0 Å². The molecule has 0 radical (unpaired) electrons. The van der Waals surface area contributed by atoms with E-state index in [9.17, 15) is 4.79 Å². The van der Waals surface area contributed by atoms with E-state index in [0.29, 0.717) is 6.54 Å². The Morgan fingerprint density at radius 2 is 2.04 bits per heavy atom.